The van der Waals surface area contributed by atoms with E-state index < -0.39 is 0 Å². The SMILES string of the molecule is C=CCN(C)CCC/C(C)=C/CC/C(C)=C/C(=O)c1ccc(Br)cc1. The molecule has 0 aliphatic rings. The fraction of sp³-hybridized carbons (Fsp3) is 0.409. The van der Waals surface area contributed by atoms with Gasteiger partial charge in [-0.2, -0.15) is 0 Å². The van der Waals surface area contributed by atoms with Crippen molar-refractivity contribution in [2.45, 2.75) is 39.5 Å². The van der Waals surface area contributed by atoms with Crippen LogP contribution in [0.1, 0.15) is 49.9 Å². The van der Waals surface area contributed by atoms with Crippen LogP contribution in [0, 0.1) is 0 Å². The Morgan fingerprint density at radius 2 is 1.84 bits per heavy atom. The van der Waals surface area contributed by atoms with Gasteiger partial charge < -0.3 is 4.90 Å². The maximum atomic E-state index is 12.2. The highest BCUT2D eigenvalue weighted by Crippen LogP contribution is 2.14. The van der Waals surface area contributed by atoms with E-state index in [1.54, 1.807) is 6.08 Å². The number of hydrogen-bond acceptors (Lipinski definition) is 2. The van der Waals surface area contributed by atoms with Gasteiger partial charge in [-0.25, -0.2) is 0 Å². The average Bonchev–Trinajstić information content (AvgIpc) is 2.55. The van der Waals surface area contributed by atoms with E-state index in [1.165, 1.54) is 12.0 Å². The highest BCUT2D eigenvalue weighted by atomic mass is 79.9. The third-order valence-electron chi connectivity index (χ3n) is 4.09. The summed E-state index contributed by atoms with van der Waals surface area (Å²) in [6.07, 6.45) is 10.2. The number of carbonyl (C=O) groups excluding carboxylic acids is 1. The summed E-state index contributed by atoms with van der Waals surface area (Å²) >= 11 is 3.39. The molecule has 0 N–H and O–H groups in total. The van der Waals surface area contributed by atoms with Gasteiger partial charge in [0.25, 0.3) is 0 Å². The first-order valence-corrected chi connectivity index (χ1v) is 9.64. The molecule has 136 valence electrons. The summed E-state index contributed by atoms with van der Waals surface area (Å²) < 4.78 is 0.987. The van der Waals surface area contributed by atoms with Crippen molar-refractivity contribution in [3.63, 3.8) is 0 Å². The zero-order valence-electron chi connectivity index (χ0n) is 15.7. The lowest BCUT2D eigenvalue weighted by molar-refractivity contribution is 0.104. The summed E-state index contributed by atoms with van der Waals surface area (Å²) in [5.74, 6) is 0.0796. The van der Waals surface area contributed by atoms with E-state index >= 15 is 0 Å². The van der Waals surface area contributed by atoms with Gasteiger partial charge in [-0.05, 0) is 83.5 Å². The molecule has 0 heterocycles. The number of likely N-dealkylation sites (N-methyl/N-ethyl adjacent to an activating group) is 1. The van der Waals surface area contributed by atoms with Crippen LogP contribution in [0.5, 0.6) is 0 Å². The molecule has 0 saturated carbocycles. The first-order valence-electron chi connectivity index (χ1n) is 8.84. The van der Waals surface area contributed by atoms with Crippen LogP contribution < -0.4 is 0 Å². The molecule has 0 spiro atoms. The van der Waals surface area contributed by atoms with Crippen LogP contribution in [0.25, 0.3) is 0 Å². The number of rotatable bonds is 11. The number of allylic oxidation sites excluding steroid dienone is 4. The van der Waals surface area contributed by atoms with Gasteiger partial charge in [0, 0.05) is 16.6 Å². The zero-order valence-corrected chi connectivity index (χ0v) is 17.3. The van der Waals surface area contributed by atoms with E-state index in [-0.39, 0.29) is 5.78 Å². The van der Waals surface area contributed by atoms with E-state index in [9.17, 15) is 4.79 Å². The Bertz CT molecular complexity index is 613. The lowest BCUT2D eigenvalue weighted by Gasteiger charge is -2.13. The smallest absolute Gasteiger partial charge is 0.185 e. The molecule has 3 heteroatoms. The molecule has 0 radical (unpaired) electrons. The summed E-state index contributed by atoms with van der Waals surface area (Å²) in [6.45, 7) is 10.0. The van der Waals surface area contributed by atoms with Crippen LogP contribution in [0.3, 0.4) is 0 Å². The minimum Gasteiger partial charge on any atom is -0.303 e. The van der Waals surface area contributed by atoms with Crippen LogP contribution >= 0.6 is 15.9 Å². The third kappa shape index (κ3) is 9.57. The van der Waals surface area contributed by atoms with Crippen LogP contribution in [-0.4, -0.2) is 30.8 Å². The Morgan fingerprint density at radius 3 is 2.48 bits per heavy atom. The van der Waals surface area contributed by atoms with Crippen LogP contribution in [0.2, 0.25) is 0 Å². The Balaban J connectivity index is 2.36. The summed E-state index contributed by atoms with van der Waals surface area (Å²) in [4.78, 5) is 14.5. The summed E-state index contributed by atoms with van der Waals surface area (Å²) in [7, 11) is 2.12. The molecule has 1 aromatic rings. The van der Waals surface area contributed by atoms with Crippen LogP contribution in [0.15, 0.2) is 64.7 Å². The lowest BCUT2D eigenvalue weighted by Crippen LogP contribution is -2.19. The predicted molar refractivity (Wildman–Crippen MR) is 112 cm³/mol. The minimum absolute atomic E-state index is 0.0796. The molecule has 0 fully saturated rings. The largest absolute Gasteiger partial charge is 0.303 e. The molecule has 1 aromatic carbocycles. The normalized spacial score (nSPS) is 12.5. The topological polar surface area (TPSA) is 20.3 Å². The van der Waals surface area contributed by atoms with Gasteiger partial charge in [0.2, 0.25) is 0 Å². The monoisotopic (exact) mass is 403 g/mol. The van der Waals surface area contributed by atoms with Crippen molar-refractivity contribution in [3.8, 4) is 0 Å². The minimum atomic E-state index is 0.0796. The second kappa shape index (κ2) is 12.0. The van der Waals surface area contributed by atoms with Crippen molar-refractivity contribution in [1.29, 1.82) is 0 Å². The fourth-order valence-electron chi connectivity index (χ4n) is 2.58. The maximum absolute atomic E-state index is 12.2. The third-order valence-corrected chi connectivity index (χ3v) is 4.62. The molecule has 1 rings (SSSR count). The molecular formula is C22H30BrNO. The Morgan fingerprint density at radius 1 is 1.16 bits per heavy atom. The zero-order chi connectivity index (χ0) is 18.7. The molecule has 0 atom stereocenters. The highest BCUT2D eigenvalue weighted by molar-refractivity contribution is 9.10. The predicted octanol–water partition coefficient (Wildman–Crippen LogP) is 6.20. The second-order valence-electron chi connectivity index (χ2n) is 6.61. The van der Waals surface area contributed by atoms with E-state index in [1.807, 2.05) is 37.3 Å². The van der Waals surface area contributed by atoms with E-state index in [4.69, 9.17) is 0 Å². The van der Waals surface area contributed by atoms with Gasteiger partial charge in [0.1, 0.15) is 0 Å². The lowest BCUT2D eigenvalue weighted by atomic mass is 10.0. The maximum Gasteiger partial charge on any atom is 0.185 e. The van der Waals surface area contributed by atoms with E-state index in [0.29, 0.717) is 0 Å². The molecule has 0 aromatic heterocycles. The van der Waals surface area contributed by atoms with Crippen molar-refractivity contribution in [2.24, 2.45) is 0 Å². The van der Waals surface area contributed by atoms with Gasteiger partial charge in [0.05, 0.1) is 0 Å². The van der Waals surface area contributed by atoms with Crippen molar-refractivity contribution >= 4 is 21.7 Å². The quantitative estimate of drug-likeness (QED) is 0.249. The highest BCUT2D eigenvalue weighted by Gasteiger charge is 2.03. The van der Waals surface area contributed by atoms with Gasteiger partial charge in [-0.3, -0.25) is 4.79 Å². The summed E-state index contributed by atoms with van der Waals surface area (Å²) in [5.41, 5.74) is 3.29. The standard InChI is InChI=1S/C22H30BrNO/c1-5-15-24(4)16-7-10-18(2)8-6-9-19(3)17-22(25)20-11-13-21(23)14-12-20/h5,8,11-14,17H,1,6-7,9-10,15-16H2,2-4H3/b18-8+,19-17+. The Kier molecular flexibility index (Phi) is 10.4. The molecule has 0 saturated heterocycles. The first kappa shape index (κ1) is 21.6. The Hall–Kier alpha value is -1.45. The fourth-order valence-corrected chi connectivity index (χ4v) is 2.85. The summed E-state index contributed by atoms with van der Waals surface area (Å²) in [6, 6.07) is 7.50. The van der Waals surface area contributed by atoms with Crippen molar-refractivity contribution in [2.75, 3.05) is 20.1 Å². The number of halogens is 1. The van der Waals surface area contributed by atoms with E-state index in [2.05, 4.69) is 47.5 Å². The number of nitrogens with zero attached hydrogens (tertiary/aromatic N) is 1. The number of hydrogen-bond donors (Lipinski definition) is 0. The summed E-state index contributed by atoms with van der Waals surface area (Å²) in [5, 5.41) is 0. The molecular weight excluding hydrogens is 374 g/mol. The molecule has 0 aliphatic heterocycles. The van der Waals surface area contributed by atoms with Crippen LogP contribution in [0.4, 0.5) is 0 Å². The number of ketones is 1. The van der Waals surface area contributed by atoms with Crippen LogP contribution in [-0.2, 0) is 0 Å². The number of carbonyl (C=O) groups is 1. The number of benzene rings is 1. The molecule has 0 aliphatic carbocycles. The van der Waals surface area contributed by atoms with Crippen molar-refractivity contribution in [3.05, 3.63) is 70.3 Å². The first-order chi connectivity index (χ1) is 11.9. The van der Waals surface area contributed by atoms with Gasteiger partial charge in [-0.15, -0.1) is 6.58 Å². The van der Waals surface area contributed by atoms with Crippen molar-refractivity contribution in [1.82, 2.24) is 4.90 Å². The molecule has 0 bridgehead atoms. The van der Waals surface area contributed by atoms with E-state index in [0.717, 1.165) is 48.0 Å². The molecule has 0 unspecified atom stereocenters. The van der Waals surface area contributed by atoms with Gasteiger partial charge in [-0.1, -0.05) is 39.2 Å². The second-order valence-corrected chi connectivity index (χ2v) is 7.52. The van der Waals surface area contributed by atoms with Gasteiger partial charge >= 0.3 is 0 Å². The molecule has 0 amide bonds. The van der Waals surface area contributed by atoms with Crippen molar-refractivity contribution < 1.29 is 4.79 Å². The molecule has 2 nitrogen and oxygen atoms in total. The van der Waals surface area contributed by atoms with Gasteiger partial charge in [0.15, 0.2) is 5.78 Å². The molecule has 25 heavy (non-hydrogen) atoms. The average molecular weight is 404 g/mol. The Labute approximate surface area is 161 Å².